The van der Waals surface area contributed by atoms with Crippen LogP contribution in [0.4, 0.5) is 5.69 Å². The third-order valence-corrected chi connectivity index (χ3v) is 4.17. The minimum Gasteiger partial charge on any atom is -0.370 e. The van der Waals surface area contributed by atoms with E-state index in [1.807, 2.05) is 42.5 Å². The molecule has 0 radical (unpaired) electrons. The van der Waals surface area contributed by atoms with Crippen molar-refractivity contribution in [1.29, 1.82) is 0 Å². The van der Waals surface area contributed by atoms with Crippen LogP contribution in [-0.2, 0) is 11.9 Å². The molecule has 1 nitrogen and oxygen atoms in total. The number of hydrogen-bond acceptors (Lipinski definition) is 1. The third-order valence-electron chi connectivity index (χ3n) is 2.96. The van der Waals surface area contributed by atoms with Gasteiger partial charge in [-0.15, -0.1) is 0 Å². The van der Waals surface area contributed by atoms with Gasteiger partial charge in [0.1, 0.15) is 0 Å². The first kappa shape index (κ1) is 14.7. The van der Waals surface area contributed by atoms with Crippen molar-refractivity contribution >= 4 is 44.8 Å². The van der Waals surface area contributed by atoms with E-state index in [4.69, 9.17) is 23.2 Å². The van der Waals surface area contributed by atoms with Gasteiger partial charge < -0.3 is 4.90 Å². The molecule has 0 saturated carbocycles. The van der Waals surface area contributed by atoms with Crippen LogP contribution in [0.3, 0.4) is 0 Å². The Kier molecular flexibility index (Phi) is 5.14. The van der Waals surface area contributed by atoms with Crippen LogP contribution in [-0.4, -0.2) is 7.05 Å². The molecule has 0 aliphatic heterocycles. The highest BCUT2D eigenvalue weighted by molar-refractivity contribution is 9.08. The Morgan fingerprint density at radius 1 is 1.05 bits per heavy atom. The Morgan fingerprint density at radius 3 is 2.47 bits per heavy atom. The Bertz CT molecular complexity index is 572. The summed E-state index contributed by atoms with van der Waals surface area (Å²) in [6.45, 7) is 0.765. The molecule has 0 spiro atoms. The average molecular weight is 359 g/mol. The van der Waals surface area contributed by atoms with E-state index < -0.39 is 0 Å². The lowest BCUT2D eigenvalue weighted by atomic mass is 10.1. The van der Waals surface area contributed by atoms with Crippen LogP contribution >= 0.6 is 39.1 Å². The quantitative estimate of drug-likeness (QED) is 0.650. The van der Waals surface area contributed by atoms with Crippen LogP contribution < -0.4 is 4.90 Å². The molecule has 0 bridgehead atoms. The van der Waals surface area contributed by atoms with Crippen LogP contribution in [0.1, 0.15) is 11.1 Å². The Morgan fingerprint density at radius 2 is 1.79 bits per heavy atom. The zero-order chi connectivity index (χ0) is 13.8. The van der Waals surface area contributed by atoms with Crippen molar-refractivity contribution in [2.24, 2.45) is 0 Å². The lowest BCUT2D eigenvalue weighted by Gasteiger charge is -2.22. The Labute approximate surface area is 132 Å². The first-order chi connectivity index (χ1) is 9.11. The van der Waals surface area contributed by atoms with Gasteiger partial charge >= 0.3 is 0 Å². The van der Waals surface area contributed by atoms with Gasteiger partial charge in [0.2, 0.25) is 0 Å². The second kappa shape index (κ2) is 6.65. The third kappa shape index (κ3) is 3.65. The summed E-state index contributed by atoms with van der Waals surface area (Å²) in [5.41, 5.74) is 3.44. The van der Waals surface area contributed by atoms with Crippen molar-refractivity contribution in [3.8, 4) is 0 Å². The summed E-state index contributed by atoms with van der Waals surface area (Å²) < 4.78 is 0. The highest BCUT2D eigenvalue weighted by Gasteiger charge is 2.09. The van der Waals surface area contributed by atoms with Crippen LogP contribution in [0.25, 0.3) is 0 Å². The lowest BCUT2D eigenvalue weighted by Crippen LogP contribution is -2.18. The van der Waals surface area contributed by atoms with E-state index >= 15 is 0 Å². The normalized spacial score (nSPS) is 10.5. The van der Waals surface area contributed by atoms with Crippen LogP contribution in [0.5, 0.6) is 0 Å². The molecule has 0 N–H and O–H groups in total. The summed E-state index contributed by atoms with van der Waals surface area (Å²) in [5.74, 6) is 0. The van der Waals surface area contributed by atoms with E-state index in [0.717, 1.165) is 33.2 Å². The van der Waals surface area contributed by atoms with Crippen molar-refractivity contribution in [2.75, 3.05) is 11.9 Å². The second-order valence-corrected chi connectivity index (χ2v) is 5.76. The highest BCUT2D eigenvalue weighted by Crippen LogP contribution is 2.27. The number of alkyl halides is 1. The van der Waals surface area contributed by atoms with E-state index in [2.05, 4.69) is 27.9 Å². The highest BCUT2D eigenvalue weighted by atomic mass is 79.9. The van der Waals surface area contributed by atoms with E-state index in [0.29, 0.717) is 0 Å². The van der Waals surface area contributed by atoms with Crippen molar-refractivity contribution in [1.82, 2.24) is 0 Å². The molecule has 0 unspecified atom stereocenters. The number of benzene rings is 2. The van der Waals surface area contributed by atoms with Gasteiger partial charge in [0, 0.05) is 34.7 Å². The topological polar surface area (TPSA) is 3.24 Å². The number of rotatable bonds is 4. The average Bonchev–Trinajstić information content (AvgIpc) is 2.41. The molecule has 0 amide bonds. The molecule has 0 aliphatic rings. The maximum absolute atomic E-state index is 6.20. The Hall–Kier alpha value is -0.700. The SMILES string of the molecule is CN(Cc1ccccc1Cl)c1ccc(Cl)cc1CBr. The molecule has 0 fully saturated rings. The van der Waals surface area contributed by atoms with Crippen LogP contribution in [0.15, 0.2) is 42.5 Å². The molecule has 2 rings (SSSR count). The molecule has 0 heterocycles. The fourth-order valence-corrected chi connectivity index (χ4v) is 2.84. The maximum Gasteiger partial charge on any atom is 0.0455 e. The molecular weight excluding hydrogens is 345 g/mol. The maximum atomic E-state index is 6.20. The number of halogens is 3. The van der Waals surface area contributed by atoms with Crippen LogP contribution in [0, 0.1) is 0 Å². The Balaban J connectivity index is 2.25. The smallest absolute Gasteiger partial charge is 0.0455 e. The van der Waals surface area contributed by atoms with E-state index in [1.165, 1.54) is 5.56 Å². The lowest BCUT2D eigenvalue weighted by molar-refractivity contribution is 0.917. The molecular formula is C15H14BrCl2N. The predicted molar refractivity (Wildman–Crippen MR) is 87.6 cm³/mol. The van der Waals surface area contributed by atoms with Crippen molar-refractivity contribution in [2.45, 2.75) is 11.9 Å². The number of hydrogen-bond donors (Lipinski definition) is 0. The monoisotopic (exact) mass is 357 g/mol. The van der Waals surface area contributed by atoms with Gasteiger partial charge in [0.15, 0.2) is 0 Å². The zero-order valence-electron chi connectivity index (χ0n) is 10.5. The standard InChI is InChI=1S/C15H14BrCl2N/c1-19(10-11-4-2-3-5-14(11)18)15-7-6-13(17)8-12(15)9-16/h2-8H,9-10H2,1H3. The van der Waals surface area contributed by atoms with Crippen molar-refractivity contribution < 1.29 is 0 Å². The summed E-state index contributed by atoms with van der Waals surface area (Å²) in [5, 5.41) is 2.32. The predicted octanol–water partition coefficient (Wildman–Crippen LogP) is 5.52. The van der Waals surface area contributed by atoms with E-state index in [-0.39, 0.29) is 0 Å². The van der Waals surface area contributed by atoms with Crippen LogP contribution in [0.2, 0.25) is 10.0 Å². The minimum absolute atomic E-state index is 0.754. The first-order valence-electron chi connectivity index (χ1n) is 5.90. The first-order valence-corrected chi connectivity index (χ1v) is 7.78. The zero-order valence-corrected chi connectivity index (χ0v) is 13.6. The molecule has 0 aromatic heterocycles. The van der Waals surface area contributed by atoms with Gasteiger partial charge in [-0.1, -0.05) is 57.3 Å². The summed E-state index contributed by atoms with van der Waals surface area (Å²) in [6.07, 6.45) is 0. The molecule has 4 heteroatoms. The van der Waals surface area contributed by atoms with Gasteiger partial charge in [-0.2, -0.15) is 0 Å². The van der Waals surface area contributed by atoms with E-state index in [9.17, 15) is 0 Å². The fourth-order valence-electron chi connectivity index (χ4n) is 2.00. The second-order valence-electron chi connectivity index (χ2n) is 4.35. The van der Waals surface area contributed by atoms with Gasteiger partial charge in [0.25, 0.3) is 0 Å². The molecule has 2 aromatic carbocycles. The molecule has 0 atom stereocenters. The van der Waals surface area contributed by atoms with Gasteiger partial charge in [-0.3, -0.25) is 0 Å². The molecule has 2 aromatic rings. The van der Waals surface area contributed by atoms with Crippen molar-refractivity contribution in [3.05, 3.63) is 63.6 Å². The largest absolute Gasteiger partial charge is 0.370 e. The number of anilines is 1. The molecule has 100 valence electrons. The summed E-state index contributed by atoms with van der Waals surface area (Å²) >= 11 is 15.7. The minimum atomic E-state index is 0.754. The summed E-state index contributed by atoms with van der Waals surface area (Å²) in [7, 11) is 2.05. The van der Waals surface area contributed by atoms with Gasteiger partial charge in [0.05, 0.1) is 0 Å². The number of nitrogens with zero attached hydrogens (tertiary/aromatic N) is 1. The van der Waals surface area contributed by atoms with Gasteiger partial charge in [-0.25, -0.2) is 0 Å². The van der Waals surface area contributed by atoms with E-state index in [1.54, 1.807) is 0 Å². The summed E-state index contributed by atoms with van der Waals surface area (Å²) in [6, 6.07) is 13.8. The fraction of sp³-hybridized carbons (Fsp3) is 0.200. The molecule has 0 saturated heterocycles. The molecule has 0 aliphatic carbocycles. The molecule has 19 heavy (non-hydrogen) atoms. The van der Waals surface area contributed by atoms with Crippen molar-refractivity contribution in [3.63, 3.8) is 0 Å². The van der Waals surface area contributed by atoms with Gasteiger partial charge in [-0.05, 0) is 35.4 Å². The summed E-state index contributed by atoms with van der Waals surface area (Å²) in [4.78, 5) is 2.17.